The van der Waals surface area contributed by atoms with Crippen LogP contribution in [-0.2, 0) is 4.74 Å². The zero-order chi connectivity index (χ0) is 23.0. The summed E-state index contributed by atoms with van der Waals surface area (Å²) in [4.78, 5) is 20.0. The Labute approximate surface area is 182 Å². The highest BCUT2D eigenvalue weighted by molar-refractivity contribution is 5.93. The topological polar surface area (TPSA) is 115 Å². The van der Waals surface area contributed by atoms with Crippen LogP contribution in [0.2, 0.25) is 0 Å². The number of nitrogens with two attached hydrogens (primary N) is 2. The van der Waals surface area contributed by atoms with E-state index in [0.29, 0.717) is 18.5 Å². The molecule has 2 aliphatic rings. The Kier molecular flexibility index (Phi) is 8.76. The number of nitrogens with zero attached hydrogens (tertiary/aromatic N) is 2. The number of hydrogen-bond acceptors (Lipinski definition) is 5. The number of halogens is 2. The van der Waals surface area contributed by atoms with E-state index in [1.807, 2.05) is 19.9 Å². The number of alkyl halides is 2. The van der Waals surface area contributed by atoms with Gasteiger partial charge in [0.15, 0.2) is 5.82 Å². The molecule has 0 bridgehead atoms. The van der Waals surface area contributed by atoms with Gasteiger partial charge in [-0.1, -0.05) is 19.1 Å². The maximum Gasteiger partial charge on any atom is 0.407 e. The zero-order valence-electron chi connectivity index (χ0n) is 18.4. The first-order valence-corrected chi connectivity index (χ1v) is 10.6. The van der Waals surface area contributed by atoms with E-state index in [1.54, 1.807) is 6.08 Å². The molecule has 2 aliphatic carbocycles. The van der Waals surface area contributed by atoms with Crippen molar-refractivity contribution in [3.05, 3.63) is 35.8 Å². The number of carbonyl (C=O) groups excluding carboxylic acids is 1. The van der Waals surface area contributed by atoms with Gasteiger partial charge in [0.25, 0.3) is 6.43 Å². The molecule has 0 aromatic rings. The van der Waals surface area contributed by atoms with Crippen LogP contribution in [0.4, 0.5) is 13.6 Å². The standard InChI is InChI=1S/C22H33F2N5O2/c1-4-5-6-7-19(27-14(2)20(23)24)28-18(26)13-17(25)15-8-9-16(12-15)31-21(30)29-22(3)10-11-22/h5-7,13,15-16,20H,4,8-12,25H2,1-3H3,(H2,26,28)(H,29,30)/b6-5+,17-13-,19-7+,27-14+. The van der Waals surface area contributed by atoms with Gasteiger partial charge in [0.2, 0.25) is 0 Å². The second-order valence-electron chi connectivity index (χ2n) is 8.32. The van der Waals surface area contributed by atoms with Crippen molar-refractivity contribution in [2.75, 3.05) is 0 Å². The van der Waals surface area contributed by atoms with Crippen LogP contribution in [0.5, 0.6) is 0 Å². The van der Waals surface area contributed by atoms with E-state index in [2.05, 4.69) is 15.3 Å². The minimum absolute atomic E-state index is 0.00165. The molecule has 2 fully saturated rings. The maximum atomic E-state index is 12.8. The molecule has 31 heavy (non-hydrogen) atoms. The molecule has 5 N–H and O–H groups in total. The average molecular weight is 438 g/mol. The number of alkyl carbamates (subject to hydrolysis) is 1. The minimum Gasteiger partial charge on any atom is -0.446 e. The lowest BCUT2D eigenvalue weighted by Gasteiger charge is -2.16. The normalized spacial score (nSPS) is 24.7. The van der Waals surface area contributed by atoms with Crippen LogP contribution in [0.3, 0.4) is 0 Å². The van der Waals surface area contributed by atoms with E-state index in [0.717, 1.165) is 25.7 Å². The fraction of sp³-hybridized carbons (Fsp3) is 0.591. The summed E-state index contributed by atoms with van der Waals surface area (Å²) >= 11 is 0. The summed E-state index contributed by atoms with van der Waals surface area (Å²) in [6.07, 6.45) is 8.10. The molecular formula is C22H33F2N5O2. The number of nitrogens with one attached hydrogen (secondary N) is 1. The third-order valence-corrected chi connectivity index (χ3v) is 5.32. The summed E-state index contributed by atoms with van der Waals surface area (Å²) in [6.45, 7) is 5.17. The first kappa shape index (κ1) is 24.6. The molecular weight excluding hydrogens is 404 g/mol. The summed E-state index contributed by atoms with van der Waals surface area (Å²) < 4.78 is 31.1. The van der Waals surface area contributed by atoms with Crippen molar-refractivity contribution in [1.82, 2.24) is 5.32 Å². The van der Waals surface area contributed by atoms with E-state index in [-0.39, 0.29) is 34.9 Å². The maximum absolute atomic E-state index is 12.8. The SMILES string of the molecule is CC/C=C/C=C(/N=C(N)\C=C(/N)C1CCC(OC(=O)NC2(C)CC2)C1)\N=C(/C)C(F)F. The number of amides is 1. The van der Waals surface area contributed by atoms with Gasteiger partial charge in [-0.2, -0.15) is 0 Å². The molecule has 2 atom stereocenters. The van der Waals surface area contributed by atoms with Crippen LogP contribution >= 0.6 is 0 Å². The Morgan fingerprint density at radius 3 is 2.61 bits per heavy atom. The summed E-state index contributed by atoms with van der Waals surface area (Å²) in [6, 6.07) is 0. The molecule has 0 spiro atoms. The molecule has 1 amide bonds. The molecule has 0 radical (unpaired) electrons. The highest BCUT2D eigenvalue weighted by Crippen LogP contribution is 2.35. The van der Waals surface area contributed by atoms with Crippen LogP contribution in [0.15, 0.2) is 45.8 Å². The Balaban J connectivity index is 2.00. The fourth-order valence-electron chi connectivity index (χ4n) is 3.16. The number of amidine groups is 1. The minimum atomic E-state index is -2.68. The molecule has 0 aromatic carbocycles. The summed E-state index contributed by atoms with van der Waals surface area (Å²) in [5.74, 6) is 0.145. The van der Waals surface area contributed by atoms with Gasteiger partial charge < -0.3 is 21.5 Å². The van der Waals surface area contributed by atoms with Gasteiger partial charge in [-0.15, -0.1) is 0 Å². The van der Waals surface area contributed by atoms with Gasteiger partial charge in [-0.25, -0.2) is 23.6 Å². The Hall–Kier alpha value is -2.71. The number of ether oxygens (including phenoxy) is 1. The van der Waals surface area contributed by atoms with Crippen LogP contribution < -0.4 is 16.8 Å². The van der Waals surface area contributed by atoms with Crippen molar-refractivity contribution in [2.45, 2.75) is 77.4 Å². The molecule has 2 unspecified atom stereocenters. The average Bonchev–Trinajstić information content (AvgIpc) is 3.21. The smallest absolute Gasteiger partial charge is 0.407 e. The molecule has 2 saturated carbocycles. The second kappa shape index (κ2) is 11.1. The van der Waals surface area contributed by atoms with E-state index < -0.39 is 12.5 Å². The zero-order valence-corrected chi connectivity index (χ0v) is 18.4. The molecule has 172 valence electrons. The summed E-state index contributed by atoms with van der Waals surface area (Å²) in [7, 11) is 0. The Bertz CT molecular complexity index is 798. The highest BCUT2D eigenvalue weighted by Gasteiger charge is 2.40. The largest absolute Gasteiger partial charge is 0.446 e. The van der Waals surface area contributed by atoms with Gasteiger partial charge in [0, 0.05) is 17.2 Å². The van der Waals surface area contributed by atoms with Crippen molar-refractivity contribution in [3.8, 4) is 0 Å². The van der Waals surface area contributed by atoms with Crippen LogP contribution in [0.25, 0.3) is 0 Å². The van der Waals surface area contributed by atoms with Gasteiger partial charge in [0.1, 0.15) is 11.9 Å². The number of hydrogen-bond donors (Lipinski definition) is 3. The molecule has 0 heterocycles. The van der Waals surface area contributed by atoms with E-state index in [1.165, 1.54) is 19.1 Å². The summed E-state index contributed by atoms with van der Waals surface area (Å²) in [5, 5.41) is 2.88. The molecule has 0 aliphatic heterocycles. The second-order valence-corrected chi connectivity index (χ2v) is 8.32. The number of rotatable bonds is 9. The lowest BCUT2D eigenvalue weighted by Crippen LogP contribution is -2.36. The van der Waals surface area contributed by atoms with Gasteiger partial charge in [-0.3, -0.25) is 0 Å². The fourth-order valence-corrected chi connectivity index (χ4v) is 3.16. The van der Waals surface area contributed by atoms with Crippen LogP contribution in [-0.4, -0.2) is 35.7 Å². The lowest BCUT2D eigenvalue weighted by atomic mass is 10.0. The number of allylic oxidation sites excluding steroid dienone is 4. The monoisotopic (exact) mass is 437 g/mol. The van der Waals surface area contributed by atoms with E-state index >= 15 is 0 Å². The van der Waals surface area contributed by atoms with Crippen LogP contribution in [0, 0.1) is 5.92 Å². The lowest BCUT2D eigenvalue weighted by molar-refractivity contribution is 0.0960. The first-order valence-electron chi connectivity index (χ1n) is 10.6. The molecule has 0 aromatic heterocycles. The molecule has 2 rings (SSSR count). The van der Waals surface area contributed by atoms with Crippen molar-refractivity contribution in [2.24, 2.45) is 27.4 Å². The van der Waals surface area contributed by atoms with Gasteiger partial charge in [-0.05, 0) is 64.5 Å². The summed E-state index contributed by atoms with van der Waals surface area (Å²) in [5.41, 5.74) is 12.2. The third-order valence-electron chi connectivity index (χ3n) is 5.32. The molecule has 9 heteroatoms. The molecule has 7 nitrogen and oxygen atoms in total. The number of aliphatic imine (C=N–C) groups is 2. The van der Waals surface area contributed by atoms with E-state index in [9.17, 15) is 13.6 Å². The third kappa shape index (κ3) is 8.51. The predicted octanol–water partition coefficient (Wildman–Crippen LogP) is 4.17. The first-order chi connectivity index (χ1) is 14.6. The van der Waals surface area contributed by atoms with E-state index in [4.69, 9.17) is 16.2 Å². The van der Waals surface area contributed by atoms with Crippen molar-refractivity contribution < 1.29 is 18.3 Å². The quantitative estimate of drug-likeness (QED) is 0.285. The highest BCUT2D eigenvalue weighted by atomic mass is 19.3. The van der Waals surface area contributed by atoms with Gasteiger partial charge in [0.05, 0.1) is 5.71 Å². The van der Waals surface area contributed by atoms with Crippen molar-refractivity contribution in [1.29, 1.82) is 0 Å². The number of carbonyl (C=O) groups is 1. The Morgan fingerprint density at radius 2 is 2.00 bits per heavy atom. The van der Waals surface area contributed by atoms with Gasteiger partial charge >= 0.3 is 6.09 Å². The molecule has 0 saturated heterocycles. The Morgan fingerprint density at radius 1 is 1.29 bits per heavy atom. The predicted molar refractivity (Wildman–Crippen MR) is 119 cm³/mol. The van der Waals surface area contributed by atoms with Crippen molar-refractivity contribution in [3.63, 3.8) is 0 Å². The van der Waals surface area contributed by atoms with Crippen LogP contribution in [0.1, 0.15) is 59.3 Å². The van der Waals surface area contributed by atoms with Crippen molar-refractivity contribution >= 4 is 17.6 Å².